The van der Waals surface area contributed by atoms with Crippen LogP contribution in [0.4, 0.5) is 17.2 Å². The van der Waals surface area contributed by atoms with Crippen LogP contribution in [0.2, 0.25) is 0 Å². The van der Waals surface area contributed by atoms with E-state index in [1.54, 1.807) is 0 Å². The lowest BCUT2D eigenvalue weighted by atomic mass is 10.1. The van der Waals surface area contributed by atoms with Crippen LogP contribution in [0.5, 0.6) is 0 Å². The second-order valence-corrected chi connectivity index (χ2v) is 10.2. The molecule has 0 spiro atoms. The molecular formula is C27H31N5OS. The van der Waals surface area contributed by atoms with Gasteiger partial charge in [0.2, 0.25) is 5.91 Å². The molecule has 6 nitrogen and oxygen atoms in total. The summed E-state index contributed by atoms with van der Waals surface area (Å²) in [5.74, 6) is 1.20. The van der Waals surface area contributed by atoms with Crippen molar-refractivity contribution in [3.63, 3.8) is 0 Å². The van der Waals surface area contributed by atoms with Gasteiger partial charge in [0.05, 0.1) is 5.75 Å². The number of carbonyl (C=O) groups is 1. The van der Waals surface area contributed by atoms with Crippen molar-refractivity contribution in [1.29, 1.82) is 0 Å². The lowest BCUT2D eigenvalue weighted by Crippen LogP contribution is -2.47. The van der Waals surface area contributed by atoms with Gasteiger partial charge in [0.15, 0.2) is 5.82 Å². The number of carbonyl (C=O) groups excluding carboxylic acids is 1. The zero-order chi connectivity index (χ0) is 23.5. The fraction of sp³-hybridized carbons (Fsp3) is 0.370. The molecule has 1 aromatic heterocycles. The standard InChI is InChI=1S/C27H31N5OS/c1-19-6-7-20(2)24(16-19)31-12-14-32(15-13-31)25-10-11-27(30-29-25)34-18-26(33)28-23-9-8-21-4-3-5-22(21)17-23/h6-11,16-17H,3-5,12-15,18H2,1-2H3,(H,28,33). The molecule has 5 rings (SSSR count). The van der Waals surface area contributed by atoms with Gasteiger partial charge in [0.25, 0.3) is 0 Å². The first kappa shape index (κ1) is 22.7. The summed E-state index contributed by atoms with van der Waals surface area (Å²) in [5.41, 5.74) is 7.60. The van der Waals surface area contributed by atoms with Crippen molar-refractivity contribution in [1.82, 2.24) is 10.2 Å². The number of fused-ring (bicyclic) bond motifs is 1. The predicted molar refractivity (Wildman–Crippen MR) is 140 cm³/mol. The van der Waals surface area contributed by atoms with E-state index in [1.165, 1.54) is 46.1 Å². The molecule has 2 heterocycles. The maximum Gasteiger partial charge on any atom is 0.234 e. The summed E-state index contributed by atoms with van der Waals surface area (Å²) in [6, 6.07) is 16.9. The third-order valence-corrected chi connectivity index (χ3v) is 7.59. The Labute approximate surface area is 205 Å². The summed E-state index contributed by atoms with van der Waals surface area (Å²) < 4.78 is 0. The van der Waals surface area contributed by atoms with Crippen LogP contribution < -0.4 is 15.1 Å². The summed E-state index contributed by atoms with van der Waals surface area (Å²) in [7, 11) is 0. The minimum Gasteiger partial charge on any atom is -0.368 e. The number of aromatic nitrogens is 2. The van der Waals surface area contributed by atoms with Gasteiger partial charge in [-0.3, -0.25) is 4.79 Å². The highest BCUT2D eigenvalue weighted by Gasteiger charge is 2.20. The van der Waals surface area contributed by atoms with Gasteiger partial charge in [-0.15, -0.1) is 10.2 Å². The number of hydrogen-bond donors (Lipinski definition) is 1. The molecule has 7 heteroatoms. The van der Waals surface area contributed by atoms with Gasteiger partial charge in [-0.25, -0.2) is 0 Å². The Kier molecular flexibility index (Phi) is 6.72. The van der Waals surface area contributed by atoms with Gasteiger partial charge in [0, 0.05) is 37.6 Å². The molecular weight excluding hydrogens is 442 g/mol. The Morgan fingerprint density at radius 3 is 2.50 bits per heavy atom. The molecule has 1 fully saturated rings. The molecule has 1 aliphatic carbocycles. The van der Waals surface area contributed by atoms with Gasteiger partial charge in [-0.1, -0.05) is 30.0 Å². The predicted octanol–water partition coefficient (Wildman–Crippen LogP) is 4.64. The number of piperazine rings is 1. The molecule has 1 amide bonds. The van der Waals surface area contributed by atoms with Gasteiger partial charge < -0.3 is 15.1 Å². The Morgan fingerprint density at radius 1 is 0.912 bits per heavy atom. The summed E-state index contributed by atoms with van der Waals surface area (Å²) in [5, 5.41) is 12.6. The average molecular weight is 474 g/mol. The van der Waals surface area contributed by atoms with E-state index in [9.17, 15) is 4.79 Å². The zero-order valence-corrected chi connectivity index (χ0v) is 20.7. The lowest BCUT2D eigenvalue weighted by Gasteiger charge is -2.37. The number of anilines is 3. The number of nitrogens with zero attached hydrogens (tertiary/aromatic N) is 4. The van der Waals surface area contributed by atoms with Crippen molar-refractivity contribution in [2.24, 2.45) is 0 Å². The molecule has 0 atom stereocenters. The van der Waals surface area contributed by atoms with E-state index in [2.05, 4.69) is 69.5 Å². The Morgan fingerprint density at radius 2 is 1.71 bits per heavy atom. The van der Waals surface area contributed by atoms with Crippen molar-refractivity contribution < 1.29 is 4.79 Å². The molecule has 0 unspecified atom stereocenters. The van der Waals surface area contributed by atoms with Gasteiger partial charge in [0.1, 0.15) is 5.03 Å². The largest absolute Gasteiger partial charge is 0.368 e. The number of thioether (sulfide) groups is 1. The molecule has 1 aliphatic heterocycles. The highest BCUT2D eigenvalue weighted by atomic mass is 32.2. The normalized spacial score (nSPS) is 15.4. The minimum atomic E-state index is -0.0172. The average Bonchev–Trinajstić information content (AvgIpc) is 3.33. The Bertz CT molecular complexity index is 1170. The van der Waals surface area contributed by atoms with Crippen LogP contribution in [0.25, 0.3) is 0 Å². The molecule has 2 aromatic carbocycles. The number of amides is 1. The van der Waals surface area contributed by atoms with Gasteiger partial charge in [-0.2, -0.15) is 0 Å². The van der Waals surface area contributed by atoms with Crippen LogP contribution in [0.15, 0.2) is 53.6 Å². The third-order valence-electron chi connectivity index (χ3n) is 6.67. The lowest BCUT2D eigenvalue weighted by molar-refractivity contribution is -0.113. The van der Waals surface area contributed by atoms with Crippen LogP contribution in [-0.4, -0.2) is 48.0 Å². The maximum atomic E-state index is 12.4. The number of benzene rings is 2. The molecule has 1 N–H and O–H groups in total. The van der Waals surface area contributed by atoms with Crippen LogP contribution >= 0.6 is 11.8 Å². The van der Waals surface area contributed by atoms with Gasteiger partial charge >= 0.3 is 0 Å². The highest BCUT2D eigenvalue weighted by molar-refractivity contribution is 7.99. The number of aryl methyl sites for hydroxylation is 4. The number of hydrogen-bond acceptors (Lipinski definition) is 6. The molecule has 2 aliphatic rings. The summed E-state index contributed by atoms with van der Waals surface area (Å²) >= 11 is 1.42. The monoisotopic (exact) mass is 473 g/mol. The topological polar surface area (TPSA) is 61.4 Å². The Hall–Kier alpha value is -3.06. The van der Waals surface area contributed by atoms with Crippen LogP contribution in [0, 0.1) is 13.8 Å². The fourth-order valence-corrected chi connectivity index (χ4v) is 5.40. The van der Waals surface area contributed by atoms with Crippen molar-refractivity contribution in [2.45, 2.75) is 38.1 Å². The first-order chi connectivity index (χ1) is 16.5. The molecule has 0 radical (unpaired) electrons. The zero-order valence-electron chi connectivity index (χ0n) is 19.9. The van der Waals surface area contributed by atoms with E-state index in [4.69, 9.17) is 0 Å². The first-order valence-corrected chi connectivity index (χ1v) is 13.0. The molecule has 176 valence electrons. The third kappa shape index (κ3) is 5.20. The summed E-state index contributed by atoms with van der Waals surface area (Å²) in [6.07, 6.45) is 3.46. The molecule has 1 saturated heterocycles. The second kappa shape index (κ2) is 10.1. The molecule has 3 aromatic rings. The molecule has 0 saturated carbocycles. The maximum absolute atomic E-state index is 12.4. The van der Waals surface area contributed by atoms with Crippen molar-refractivity contribution in [3.05, 3.63) is 70.8 Å². The van der Waals surface area contributed by atoms with E-state index < -0.39 is 0 Å². The second-order valence-electron chi connectivity index (χ2n) is 9.17. The van der Waals surface area contributed by atoms with Gasteiger partial charge in [-0.05, 0) is 85.7 Å². The van der Waals surface area contributed by atoms with Crippen LogP contribution in [0.1, 0.15) is 28.7 Å². The molecule has 0 bridgehead atoms. The van der Waals surface area contributed by atoms with Crippen LogP contribution in [-0.2, 0) is 17.6 Å². The summed E-state index contributed by atoms with van der Waals surface area (Å²) in [6.45, 7) is 8.08. The number of rotatable bonds is 6. The van der Waals surface area contributed by atoms with E-state index in [0.717, 1.165) is 55.6 Å². The first-order valence-electron chi connectivity index (χ1n) is 12.0. The van der Waals surface area contributed by atoms with E-state index in [0.29, 0.717) is 5.75 Å². The number of nitrogens with one attached hydrogen (secondary N) is 1. The van der Waals surface area contributed by atoms with E-state index in [-0.39, 0.29) is 5.91 Å². The quantitative estimate of drug-likeness (QED) is 0.527. The van der Waals surface area contributed by atoms with Crippen molar-refractivity contribution in [2.75, 3.05) is 47.0 Å². The minimum absolute atomic E-state index is 0.0172. The highest BCUT2D eigenvalue weighted by Crippen LogP contribution is 2.26. The van der Waals surface area contributed by atoms with Crippen molar-refractivity contribution >= 4 is 34.9 Å². The Balaban J connectivity index is 1.11. The SMILES string of the molecule is Cc1ccc(C)c(N2CCN(c3ccc(SCC(=O)Nc4ccc5c(c4)CCC5)nn3)CC2)c1. The smallest absolute Gasteiger partial charge is 0.234 e. The molecule has 34 heavy (non-hydrogen) atoms. The fourth-order valence-electron chi connectivity index (χ4n) is 4.78. The summed E-state index contributed by atoms with van der Waals surface area (Å²) in [4.78, 5) is 17.1. The van der Waals surface area contributed by atoms with Crippen LogP contribution in [0.3, 0.4) is 0 Å². The van der Waals surface area contributed by atoms with Crippen molar-refractivity contribution in [3.8, 4) is 0 Å². The van der Waals surface area contributed by atoms with E-state index in [1.807, 2.05) is 18.2 Å². The van der Waals surface area contributed by atoms with E-state index >= 15 is 0 Å².